The predicted molar refractivity (Wildman–Crippen MR) is 144 cm³/mol. The van der Waals surface area contributed by atoms with Gasteiger partial charge in [0.05, 0.1) is 11.0 Å². The summed E-state index contributed by atoms with van der Waals surface area (Å²) in [7, 11) is 0. The van der Waals surface area contributed by atoms with Crippen LogP contribution >= 0.6 is 0 Å². The van der Waals surface area contributed by atoms with Crippen LogP contribution in [0.25, 0.3) is 55.2 Å². The quantitative estimate of drug-likeness (QED) is 0.270. The van der Waals surface area contributed by atoms with Gasteiger partial charge in [0.1, 0.15) is 0 Å². The fourth-order valence-corrected chi connectivity index (χ4v) is 6.08. The number of rotatable bonds is 1. The molecule has 0 bridgehead atoms. The molecule has 1 N–H and O–H groups in total. The van der Waals surface area contributed by atoms with Crippen LogP contribution in [0.15, 0.2) is 109 Å². The van der Waals surface area contributed by atoms with Gasteiger partial charge < -0.3 is 9.55 Å². The van der Waals surface area contributed by atoms with Crippen molar-refractivity contribution in [2.45, 2.75) is 6.42 Å². The molecule has 0 saturated heterocycles. The van der Waals surface area contributed by atoms with Crippen molar-refractivity contribution in [3.63, 3.8) is 0 Å². The molecule has 2 aliphatic rings. The van der Waals surface area contributed by atoms with Gasteiger partial charge in [-0.15, -0.1) is 0 Å². The first-order chi connectivity index (χ1) is 16.8. The molecule has 8 rings (SSSR count). The van der Waals surface area contributed by atoms with Gasteiger partial charge in [-0.2, -0.15) is 0 Å². The molecule has 160 valence electrons. The van der Waals surface area contributed by atoms with Gasteiger partial charge in [-0.1, -0.05) is 66.8 Å². The van der Waals surface area contributed by atoms with Crippen LogP contribution in [0.3, 0.4) is 0 Å². The molecule has 1 unspecified atom stereocenters. The van der Waals surface area contributed by atoms with Crippen LogP contribution in [0.5, 0.6) is 0 Å². The Morgan fingerprint density at radius 1 is 0.765 bits per heavy atom. The van der Waals surface area contributed by atoms with Crippen molar-refractivity contribution in [1.82, 2.24) is 9.55 Å². The number of aromatic amines is 1. The van der Waals surface area contributed by atoms with Crippen LogP contribution in [-0.4, -0.2) is 9.55 Å². The number of allylic oxidation sites excluding steroid dienone is 5. The lowest BCUT2D eigenvalue weighted by Crippen LogP contribution is -2.10. The van der Waals surface area contributed by atoms with Crippen molar-refractivity contribution >= 4 is 49.6 Å². The number of nitrogens with one attached hydrogen (secondary N) is 1. The van der Waals surface area contributed by atoms with Gasteiger partial charge in [0.2, 0.25) is 0 Å². The highest BCUT2D eigenvalue weighted by Crippen LogP contribution is 2.43. The van der Waals surface area contributed by atoms with Crippen molar-refractivity contribution < 1.29 is 0 Å². The highest BCUT2D eigenvalue weighted by molar-refractivity contribution is 6.24. The van der Waals surface area contributed by atoms with Gasteiger partial charge in [0.15, 0.2) is 0 Å². The number of H-pyrrole nitrogens is 1. The zero-order chi connectivity index (χ0) is 22.2. The lowest BCUT2D eigenvalue weighted by molar-refractivity contribution is 0.762. The second-order valence-electron chi connectivity index (χ2n) is 9.49. The summed E-state index contributed by atoms with van der Waals surface area (Å²) < 4.78 is 2.43. The Hall–Kier alpha value is -4.30. The molecule has 0 radical (unpaired) electrons. The van der Waals surface area contributed by atoms with Gasteiger partial charge in [0, 0.05) is 39.0 Å². The number of aromatic nitrogens is 2. The Morgan fingerprint density at radius 2 is 1.59 bits per heavy atom. The van der Waals surface area contributed by atoms with E-state index < -0.39 is 0 Å². The normalized spacial score (nSPS) is 16.9. The van der Waals surface area contributed by atoms with Gasteiger partial charge in [-0.25, -0.2) is 0 Å². The largest absolute Gasteiger partial charge is 0.355 e. The molecule has 0 fully saturated rings. The molecule has 0 aliphatic heterocycles. The minimum atomic E-state index is 0.454. The third kappa shape index (κ3) is 2.40. The first-order valence-corrected chi connectivity index (χ1v) is 12.0. The molecule has 2 heterocycles. The molecule has 2 aromatic heterocycles. The average molecular weight is 435 g/mol. The zero-order valence-electron chi connectivity index (χ0n) is 18.6. The van der Waals surface area contributed by atoms with E-state index in [0.717, 1.165) is 6.42 Å². The van der Waals surface area contributed by atoms with E-state index in [4.69, 9.17) is 0 Å². The Bertz CT molecular complexity index is 1870. The minimum absolute atomic E-state index is 0.454. The van der Waals surface area contributed by atoms with E-state index in [-0.39, 0.29) is 0 Å². The molecule has 1 atom stereocenters. The molecule has 2 nitrogen and oxygen atoms in total. The fourth-order valence-electron chi connectivity index (χ4n) is 6.08. The monoisotopic (exact) mass is 434 g/mol. The van der Waals surface area contributed by atoms with Crippen LogP contribution in [0.2, 0.25) is 0 Å². The third-order valence-electron chi connectivity index (χ3n) is 7.62. The zero-order valence-corrected chi connectivity index (χ0v) is 18.6. The SMILES string of the molecule is C1=CC2=Cc3[nH]c4ccc5c(c6cc7ccccc7cc6n5-c5ccccc5)c4c3CC2C=C1. The standard InChI is InChI=1S/C32H22N2/c1-2-12-24(13-3-1)34-29-15-14-27-31(25-16-20-8-4-6-10-22(20)18-28(25)33-27)32(29)26-17-21-9-5-7-11-23(21)19-30(26)34/h1-15,17-20,33H,16H2. The predicted octanol–water partition coefficient (Wildman–Crippen LogP) is 8.10. The summed E-state index contributed by atoms with van der Waals surface area (Å²) in [6.07, 6.45) is 12.3. The van der Waals surface area contributed by atoms with E-state index in [0.29, 0.717) is 5.92 Å². The van der Waals surface area contributed by atoms with E-state index in [1.54, 1.807) is 0 Å². The van der Waals surface area contributed by atoms with Crippen molar-refractivity contribution in [2.75, 3.05) is 0 Å². The smallest absolute Gasteiger partial charge is 0.0548 e. The topological polar surface area (TPSA) is 20.7 Å². The van der Waals surface area contributed by atoms with Gasteiger partial charge in [-0.05, 0) is 70.8 Å². The maximum absolute atomic E-state index is 3.75. The summed E-state index contributed by atoms with van der Waals surface area (Å²) in [5.41, 5.74) is 9.04. The van der Waals surface area contributed by atoms with Gasteiger partial charge >= 0.3 is 0 Å². The number of nitrogens with zero attached hydrogens (tertiary/aromatic N) is 1. The Morgan fingerprint density at radius 3 is 2.47 bits per heavy atom. The number of hydrogen-bond acceptors (Lipinski definition) is 0. The minimum Gasteiger partial charge on any atom is -0.355 e. The number of para-hydroxylation sites is 1. The first kappa shape index (κ1) is 18.2. The second kappa shape index (κ2) is 6.61. The van der Waals surface area contributed by atoms with Crippen molar-refractivity contribution in [3.05, 3.63) is 120 Å². The van der Waals surface area contributed by atoms with Crippen LogP contribution in [0.4, 0.5) is 0 Å². The second-order valence-corrected chi connectivity index (χ2v) is 9.49. The molecular formula is C32H22N2. The lowest BCUT2D eigenvalue weighted by atomic mass is 9.82. The molecule has 0 saturated carbocycles. The molecule has 0 spiro atoms. The summed E-state index contributed by atoms with van der Waals surface area (Å²) in [6.45, 7) is 0. The van der Waals surface area contributed by atoms with E-state index >= 15 is 0 Å². The van der Waals surface area contributed by atoms with Crippen LogP contribution in [-0.2, 0) is 6.42 Å². The van der Waals surface area contributed by atoms with E-state index in [1.165, 1.54) is 66.0 Å². The first-order valence-electron chi connectivity index (χ1n) is 12.0. The highest BCUT2D eigenvalue weighted by Gasteiger charge is 2.25. The highest BCUT2D eigenvalue weighted by atomic mass is 15.0. The fraction of sp³-hybridized carbons (Fsp3) is 0.0625. The average Bonchev–Trinajstić information content (AvgIpc) is 3.40. The summed E-state index contributed by atoms with van der Waals surface area (Å²) in [6, 6.07) is 28.7. The molecule has 4 aromatic carbocycles. The van der Waals surface area contributed by atoms with Crippen molar-refractivity contribution in [2.24, 2.45) is 5.92 Å². The molecule has 0 amide bonds. The van der Waals surface area contributed by atoms with Crippen LogP contribution in [0.1, 0.15) is 11.3 Å². The number of benzene rings is 4. The lowest BCUT2D eigenvalue weighted by Gasteiger charge is -2.21. The number of fused-ring (bicyclic) bond motifs is 9. The number of hydrogen-bond donors (Lipinski definition) is 1. The Balaban J connectivity index is 1.56. The Kier molecular flexibility index (Phi) is 3.53. The van der Waals surface area contributed by atoms with Gasteiger partial charge in [0.25, 0.3) is 0 Å². The maximum atomic E-state index is 3.75. The van der Waals surface area contributed by atoms with E-state index in [1.807, 2.05) is 0 Å². The molecule has 34 heavy (non-hydrogen) atoms. The summed E-state index contributed by atoms with van der Waals surface area (Å²) in [5.74, 6) is 0.454. The maximum Gasteiger partial charge on any atom is 0.0548 e. The van der Waals surface area contributed by atoms with E-state index in [9.17, 15) is 0 Å². The summed E-state index contributed by atoms with van der Waals surface area (Å²) in [5, 5.41) is 6.60. The molecule has 2 aliphatic carbocycles. The van der Waals surface area contributed by atoms with Crippen molar-refractivity contribution in [3.8, 4) is 5.69 Å². The van der Waals surface area contributed by atoms with Crippen LogP contribution in [0, 0.1) is 5.92 Å². The molecule has 6 aromatic rings. The molecular weight excluding hydrogens is 412 g/mol. The molecule has 2 heteroatoms. The summed E-state index contributed by atoms with van der Waals surface area (Å²) >= 11 is 0. The van der Waals surface area contributed by atoms with Crippen LogP contribution < -0.4 is 0 Å². The van der Waals surface area contributed by atoms with Crippen molar-refractivity contribution in [1.29, 1.82) is 0 Å². The Labute approximate surface area is 197 Å². The third-order valence-corrected chi connectivity index (χ3v) is 7.62. The van der Waals surface area contributed by atoms with E-state index in [2.05, 4.69) is 119 Å². The summed E-state index contributed by atoms with van der Waals surface area (Å²) in [4.78, 5) is 3.75. The van der Waals surface area contributed by atoms with Gasteiger partial charge in [-0.3, -0.25) is 0 Å².